The Kier molecular flexibility index (Phi) is 7.45. The molecular weight excluding hydrogens is 156 g/mol. The van der Waals surface area contributed by atoms with Gasteiger partial charge >= 0.3 is 0 Å². The van der Waals surface area contributed by atoms with Gasteiger partial charge in [0, 0.05) is 6.61 Å². The summed E-state index contributed by atoms with van der Waals surface area (Å²) in [5, 5.41) is 8.83. The maximum Gasteiger partial charge on any atom is 0.0745 e. The molecule has 12 heavy (non-hydrogen) atoms. The van der Waals surface area contributed by atoms with Gasteiger partial charge in [-0.2, -0.15) is 0 Å². The van der Waals surface area contributed by atoms with E-state index in [2.05, 4.69) is 13.8 Å². The van der Waals surface area contributed by atoms with Gasteiger partial charge in [0.15, 0.2) is 0 Å². The minimum Gasteiger partial charge on any atom is -0.391 e. The molecule has 0 fully saturated rings. The van der Waals surface area contributed by atoms with E-state index in [4.69, 9.17) is 14.6 Å². The highest BCUT2D eigenvalue weighted by atomic mass is 16.5. The summed E-state index contributed by atoms with van der Waals surface area (Å²) in [5.41, 5.74) is 0. The summed E-state index contributed by atoms with van der Waals surface area (Å²) in [6.07, 6.45) is -0.380. The van der Waals surface area contributed by atoms with Gasteiger partial charge in [-0.15, -0.1) is 0 Å². The predicted octanol–water partition coefficient (Wildman–Crippen LogP) is 1.06. The summed E-state index contributed by atoms with van der Waals surface area (Å²) in [4.78, 5) is 0. The van der Waals surface area contributed by atoms with Crippen LogP contribution in [0.1, 0.15) is 20.8 Å². The minimum atomic E-state index is -0.380. The van der Waals surface area contributed by atoms with Crippen molar-refractivity contribution < 1.29 is 14.6 Å². The summed E-state index contributed by atoms with van der Waals surface area (Å²) in [6.45, 7) is 8.27. The topological polar surface area (TPSA) is 38.7 Å². The third kappa shape index (κ3) is 9.88. The Morgan fingerprint density at radius 3 is 1.92 bits per heavy atom. The average molecular weight is 176 g/mol. The molecule has 0 heterocycles. The van der Waals surface area contributed by atoms with Crippen LogP contribution in [0.5, 0.6) is 0 Å². The lowest BCUT2D eigenvalue weighted by molar-refractivity contribution is 0.00464. The molecule has 0 aromatic carbocycles. The Balaban J connectivity index is 2.91. The molecule has 0 rings (SSSR count). The van der Waals surface area contributed by atoms with E-state index in [1.165, 1.54) is 0 Å². The van der Waals surface area contributed by atoms with Crippen molar-refractivity contribution in [2.45, 2.75) is 26.9 Å². The molecule has 0 aliphatic carbocycles. The van der Waals surface area contributed by atoms with Crippen molar-refractivity contribution in [2.24, 2.45) is 5.92 Å². The van der Waals surface area contributed by atoms with Crippen molar-refractivity contribution in [3.63, 3.8) is 0 Å². The number of hydrogen-bond donors (Lipinski definition) is 1. The Morgan fingerprint density at radius 2 is 1.50 bits per heavy atom. The molecule has 0 saturated carbocycles. The zero-order valence-electron chi connectivity index (χ0n) is 8.25. The first-order valence-electron chi connectivity index (χ1n) is 4.46. The number of aliphatic hydroxyl groups is 1. The normalized spacial score (nSPS) is 13.8. The van der Waals surface area contributed by atoms with Crippen LogP contribution in [-0.2, 0) is 9.47 Å². The van der Waals surface area contributed by atoms with Crippen molar-refractivity contribution in [1.29, 1.82) is 0 Å². The lowest BCUT2D eigenvalue weighted by atomic mass is 10.2. The van der Waals surface area contributed by atoms with E-state index >= 15 is 0 Å². The van der Waals surface area contributed by atoms with E-state index in [9.17, 15) is 0 Å². The lowest BCUT2D eigenvalue weighted by Crippen LogP contribution is -2.14. The summed E-state index contributed by atoms with van der Waals surface area (Å²) in [5.74, 6) is 0.571. The number of ether oxygens (including phenoxy) is 2. The third-order valence-corrected chi connectivity index (χ3v) is 1.18. The molecule has 0 aliphatic heterocycles. The van der Waals surface area contributed by atoms with Crippen LogP contribution in [-0.4, -0.2) is 37.6 Å². The molecule has 0 bridgehead atoms. The molecule has 0 spiro atoms. The molecule has 0 aromatic heterocycles. The molecule has 1 N–H and O–H groups in total. The maximum absolute atomic E-state index is 8.83. The molecule has 0 aliphatic rings. The summed E-state index contributed by atoms with van der Waals surface area (Å²) in [7, 11) is 0. The van der Waals surface area contributed by atoms with E-state index in [-0.39, 0.29) is 6.10 Å². The second kappa shape index (κ2) is 7.53. The van der Waals surface area contributed by atoms with Crippen LogP contribution in [0.25, 0.3) is 0 Å². The largest absolute Gasteiger partial charge is 0.391 e. The van der Waals surface area contributed by atoms with Gasteiger partial charge in [0.05, 0.1) is 25.9 Å². The van der Waals surface area contributed by atoms with E-state index in [1.807, 2.05) is 0 Å². The van der Waals surface area contributed by atoms with Gasteiger partial charge in [-0.25, -0.2) is 0 Å². The quantitative estimate of drug-likeness (QED) is 0.589. The van der Waals surface area contributed by atoms with Crippen LogP contribution in [0, 0.1) is 5.92 Å². The zero-order chi connectivity index (χ0) is 9.40. The van der Waals surface area contributed by atoms with E-state index in [1.54, 1.807) is 6.92 Å². The summed E-state index contributed by atoms with van der Waals surface area (Å²) in [6, 6.07) is 0. The van der Waals surface area contributed by atoms with Gasteiger partial charge in [0.25, 0.3) is 0 Å². The lowest BCUT2D eigenvalue weighted by Gasteiger charge is -2.08. The first kappa shape index (κ1) is 11.9. The smallest absolute Gasteiger partial charge is 0.0745 e. The van der Waals surface area contributed by atoms with Gasteiger partial charge in [-0.3, -0.25) is 0 Å². The maximum atomic E-state index is 8.83. The molecule has 3 heteroatoms. The van der Waals surface area contributed by atoms with Gasteiger partial charge < -0.3 is 14.6 Å². The molecule has 74 valence electrons. The Morgan fingerprint density at radius 1 is 1.00 bits per heavy atom. The third-order valence-electron chi connectivity index (χ3n) is 1.18. The van der Waals surface area contributed by atoms with Crippen LogP contribution in [0.4, 0.5) is 0 Å². The van der Waals surface area contributed by atoms with Gasteiger partial charge in [-0.1, -0.05) is 13.8 Å². The molecule has 3 nitrogen and oxygen atoms in total. The van der Waals surface area contributed by atoms with Gasteiger partial charge in [-0.05, 0) is 12.8 Å². The van der Waals surface area contributed by atoms with Gasteiger partial charge in [0.2, 0.25) is 0 Å². The molecule has 0 saturated heterocycles. The fraction of sp³-hybridized carbons (Fsp3) is 1.00. The van der Waals surface area contributed by atoms with E-state index in [0.717, 1.165) is 6.61 Å². The van der Waals surface area contributed by atoms with Crippen molar-refractivity contribution in [2.75, 3.05) is 26.4 Å². The van der Waals surface area contributed by atoms with Crippen molar-refractivity contribution in [1.82, 2.24) is 0 Å². The minimum absolute atomic E-state index is 0.380. The van der Waals surface area contributed by atoms with Crippen LogP contribution in [0.15, 0.2) is 0 Å². The molecule has 0 aromatic rings. The van der Waals surface area contributed by atoms with Crippen molar-refractivity contribution in [3.8, 4) is 0 Å². The van der Waals surface area contributed by atoms with Crippen LogP contribution >= 0.6 is 0 Å². The standard InChI is InChI=1S/C9H20O3/c1-8(2)6-11-4-5-12-7-9(3)10/h8-10H,4-7H2,1-3H3. The van der Waals surface area contributed by atoms with Crippen molar-refractivity contribution in [3.05, 3.63) is 0 Å². The van der Waals surface area contributed by atoms with Crippen molar-refractivity contribution >= 4 is 0 Å². The Hall–Kier alpha value is -0.120. The number of rotatable bonds is 7. The zero-order valence-corrected chi connectivity index (χ0v) is 8.25. The van der Waals surface area contributed by atoms with Crippen LogP contribution in [0.3, 0.4) is 0 Å². The molecule has 0 radical (unpaired) electrons. The SMILES string of the molecule is CC(C)COCCOCC(C)O. The fourth-order valence-corrected chi connectivity index (χ4v) is 0.691. The van der Waals surface area contributed by atoms with Gasteiger partial charge in [0.1, 0.15) is 0 Å². The monoisotopic (exact) mass is 176 g/mol. The Labute approximate surface area is 74.7 Å². The second-order valence-electron chi connectivity index (χ2n) is 3.39. The van der Waals surface area contributed by atoms with Crippen LogP contribution < -0.4 is 0 Å². The molecular formula is C9H20O3. The fourth-order valence-electron chi connectivity index (χ4n) is 0.691. The first-order valence-corrected chi connectivity index (χ1v) is 4.46. The van der Waals surface area contributed by atoms with Crippen LogP contribution in [0.2, 0.25) is 0 Å². The first-order chi connectivity index (χ1) is 5.63. The highest BCUT2D eigenvalue weighted by Crippen LogP contribution is 1.92. The predicted molar refractivity (Wildman–Crippen MR) is 48.2 cm³/mol. The Bertz CT molecular complexity index is 79.8. The molecule has 1 unspecified atom stereocenters. The number of aliphatic hydroxyl groups excluding tert-OH is 1. The van der Waals surface area contributed by atoms with E-state index in [0.29, 0.717) is 25.7 Å². The number of hydrogen-bond acceptors (Lipinski definition) is 3. The highest BCUT2D eigenvalue weighted by molar-refractivity contribution is 4.42. The molecule has 0 amide bonds. The van der Waals surface area contributed by atoms with E-state index < -0.39 is 0 Å². The average Bonchev–Trinajstić information content (AvgIpc) is 1.95. The summed E-state index contributed by atoms with van der Waals surface area (Å²) < 4.78 is 10.4. The highest BCUT2D eigenvalue weighted by Gasteiger charge is 1.96. The second-order valence-corrected chi connectivity index (χ2v) is 3.39. The molecule has 1 atom stereocenters. The summed E-state index contributed by atoms with van der Waals surface area (Å²) >= 11 is 0.